The van der Waals surface area contributed by atoms with Crippen molar-refractivity contribution in [2.75, 3.05) is 30.9 Å². The summed E-state index contributed by atoms with van der Waals surface area (Å²) in [5.41, 5.74) is -0.475. The summed E-state index contributed by atoms with van der Waals surface area (Å²) >= 11 is 8.13. The van der Waals surface area contributed by atoms with Crippen molar-refractivity contribution in [2.45, 2.75) is 122 Å². The first-order valence-electron chi connectivity index (χ1n) is 26.4. The van der Waals surface area contributed by atoms with E-state index in [0.717, 1.165) is 34.3 Å². The number of anilines is 2. The predicted molar refractivity (Wildman–Crippen MR) is 306 cm³/mol. The number of nitrogens with zero attached hydrogens (tertiary/aromatic N) is 7. The van der Waals surface area contributed by atoms with Crippen LogP contribution in [-0.4, -0.2) is 149 Å². The van der Waals surface area contributed by atoms with E-state index in [1.165, 1.54) is 24.9 Å². The number of imidazole rings is 1. The molecule has 9 rings (SSSR count). The summed E-state index contributed by atoms with van der Waals surface area (Å²) in [6.45, 7) is -1.04. The van der Waals surface area contributed by atoms with Gasteiger partial charge in [-0.3, -0.25) is 41.8 Å². The first-order chi connectivity index (χ1) is 40.6. The van der Waals surface area contributed by atoms with Crippen LogP contribution in [0.4, 0.5) is 29.9 Å². The summed E-state index contributed by atoms with van der Waals surface area (Å²) in [5.74, 6) is -3.24. The number of aromatic amines is 1. The molecule has 2 aromatic carbocycles. The molecule has 0 unspecified atom stereocenters. The van der Waals surface area contributed by atoms with E-state index >= 15 is 8.78 Å². The van der Waals surface area contributed by atoms with Gasteiger partial charge in [0.2, 0.25) is 11.8 Å². The molecule has 86 heavy (non-hydrogen) atoms. The molecule has 3 saturated heterocycles. The number of amides is 5. The molecule has 7 heterocycles. The molecule has 3 aliphatic rings. The molecular weight excluding hydrogens is 1220 g/mol. The Kier molecular flexibility index (Phi) is 19.1. The lowest BCUT2D eigenvalue weighted by Gasteiger charge is -2.26. The lowest BCUT2D eigenvalue weighted by Crippen LogP contribution is -2.54. The second-order valence-corrected chi connectivity index (χ2v) is 27.2. The minimum Gasteiger partial charge on any atom is -0.445 e. The van der Waals surface area contributed by atoms with Crippen molar-refractivity contribution in [1.29, 1.82) is 0 Å². The fourth-order valence-corrected chi connectivity index (χ4v) is 12.3. The van der Waals surface area contributed by atoms with Crippen LogP contribution in [0.25, 0.3) is 22.2 Å². The van der Waals surface area contributed by atoms with Crippen molar-refractivity contribution in [2.24, 2.45) is 5.92 Å². The average molecular weight is 1280 g/mol. The minimum atomic E-state index is -4.63. The van der Waals surface area contributed by atoms with Gasteiger partial charge in [0.25, 0.3) is 11.5 Å². The summed E-state index contributed by atoms with van der Waals surface area (Å²) in [4.78, 5) is 98.4. The number of halogens is 2. The first kappa shape index (κ1) is 63.6. The van der Waals surface area contributed by atoms with Crippen LogP contribution in [0.5, 0.6) is 0 Å². The maximum atomic E-state index is 16.8. The zero-order chi connectivity index (χ0) is 62.2. The number of H-pyrrole nitrogens is 1. The van der Waals surface area contributed by atoms with Crippen LogP contribution in [0.3, 0.4) is 0 Å². The number of ether oxygens (including phenoxy) is 4. The van der Waals surface area contributed by atoms with Gasteiger partial charge in [0.15, 0.2) is 47.1 Å². The van der Waals surface area contributed by atoms with Gasteiger partial charge in [0.1, 0.15) is 66.5 Å². The molecule has 3 fully saturated rings. The number of fused-ring (bicyclic) bond motifs is 5. The van der Waals surface area contributed by atoms with E-state index < -0.39 is 140 Å². The molecule has 12 atom stereocenters. The number of nitrogens with one attached hydrogen (secondary N) is 5. The Morgan fingerprint density at radius 2 is 1.55 bits per heavy atom. The highest BCUT2D eigenvalue weighted by molar-refractivity contribution is 8.44. The Hall–Kier alpha value is -6.90. The van der Waals surface area contributed by atoms with E-state index in [-0.39, 0.29) is 47.3 Å². The molecule has 462 valence electrons. The fourth-order valence-electron chi connectivity index (χ4n) is 9.35. The molecule has 0 saturated carbocycles. The first-order valence-corrected chi connectivity index (χ1v) is 31.8. The van der Waals surface area contributed by atoms with Gasteiger partial charge in [0.05, 0.1) is 25.9 Å². The van der Waals surface area contributed by atoms with E-state index in [9.17, 15) is 43.0 Å². The number of carbonyl (C=O) groups excluding carboxylic acids is 5. The van der Waals surface area contributed by atoms with E-state index in [0.29, 0.717) is 16.8 Å². The van der Waals surface area contributed by atoms with Crippen LogP contribution in [0.15, 0.2) is 78.5 Å². The highest BCUT2D eigenvalue weighted by Crippen LogP contribution is 2.60. The van der Waals surface area contributed by atoms with E-state index in [2.05, 4.69) is 70.7 Å². The number of thiol groups is 2. The molecule has 6 aromatic rings. The quantitative estimate of drug-likeness (QED) is 0.0451. The number of hydrogen-bond donors (Lipinski definition) is 8. The van der Waals surface area contributed by atoms with Crippen molar-refractivity contribution in [1.82, 2.24) is 49.6 Å². The van der Waals surface area contributed by atoms with E-state index in [1.54, 1.807) is 77.1 Å². The standard InChI is InChI=1S/C51H60F2N12O17P2S2/c1-24(2)35(61-49(71)80-51(4,5)6)46(70)59-25(3)43(67)60-28-14-12-26(13-15-28)18-75-50(72)63(7)16-27-10-8-9-11-29(27)44(68)62-40-36-42(56-21-54-40)65(23-58-36)47-34(53)38-32(79-47)20-77-84(74,86)82-39-37(66)31(19-76-83(73,85)81-38)78-48(39)64-17-30(52)33-41(64)55-22-57-45(33)69/h8-15,17,21-25,31-32,34-35,37-39,47-48,66H,16,18-20H2,1-7H3,(H,59,70)(H,60,67)(H,61,71)(H,73,85)(H,74,86)(H,55,57,69)(H,54,56,62,68)/t25-,31+,32+,34+,35-,37+,38+,39+,47+,48+,83+,84+/m0/s1. The molecular formula is C51H60F2N12O17P2S2. The maximum absolute atomic E-state index is 16.8. The van der Waals surface area contributed by atoms with Crippen LogP contribution in [0.2, 0.25) is 0 Å². The lowest BCUT2D eigenvalue weighted by molar-refractivity contribution is -0.128. The summed E-state index contributed by atoms with van der Waals surface area (Å²) in [6.07, 6.45) is -11.2. The molecule has 29 nitrogen and oxygen atoms in total. The highest BCUT2D eigenvalue weighted by atomic mass is 32.7. The van der Waals surface area contributed by atoms with Crippen LogP contribution in [-0.2, 0) is 68.9 Å². The van der Waals surface area contributed by atoms with Crippen LogP contribution in [0, 0.1) is 11.7 Å². The van der Waals surface area contributed by atoms with Crippen LogP contribution in [0.1, 0.15) is 75.5 Å². The molecule has 0 spiro atoms. The third-order valence-electron chi connectivity index (χ3n) is 13.5. The Morgan fingerprint density at radius 1 is 0.872 bits per heavy atom. The molecule has 0 aliphatic carbocycles. The SMILES string of the molecule is CC(C)[C@H](NC(=O)OC(C)(C)C)C(=O)N[C@@H](C)C(=O)Nc1ccc(COC(=O)N(C)Cc2ccccc2C(=O)Nc2ncnc3c2ncn3[C@@H]2O[C@@H]3CO[P@@](=O)(S)O[C@@H]4[C@H](O)[C@@H](CO[P@@](=O)(S)O[C@H]3[C@H]2F)O[C@H]4n2cc(F)c3c(=O)[nH]cnc32)cc1. The molecule has 2 bridgehead atoms. The van der Waals surface area contributed by atoms with Crippen LogP contribution < -0.4 is 26.8 Å². The Labute approximate surface area is 498 Å². The molecule has 3 aliphatic heterocycles. The molecule has 35 heteroatoms. The number of rotatable bonds is 14. The fraction of sp³-hybridized carbons (Fsp3) is 0.451. The van der Waals surface area contributed by atoms with Crippen molar-refractivity contribution >= 4 is 102 Å². The van der Waals surface area contributed by atoms with Gasteiger partial charge in [-0.25, -0.2) is 47.4 Å². The van der Waals surface area contributed by atoms with Crippen molar-refractivity contribution in [3.05, 3.63) is 107 Å². The predicted octanol–water partition coefficient (Wildman–Crippen LogP) is 6.10. The van der Waals surface area contributed by atoms with E-state index in [4.69, 9.17) is 37.0 Å². The van der Waals surface area contributed by atoms with Gasteiger partial charge in [-0.2, -0.15) is 0 Å². The third-order valence-corrected chi connectivity index (χ3v) is 16.8. The Morgan fingerprint density at radius 3 is 2.24 bits per heavy atom. The van der Waals surface area contributed by atoms with Gasteiger partial charge in [-0.15, -0.1) is 0 Å². The Bertz CT molecular complexity index is 3710. The zero-order valence-corrected chi connectivity index (χ0v) is 50.3. The number of aromatic nitrogens is 7. The average Bonchev–Trinajstić information content (AvgIpc) is 1.70. The number of benzene rings is 2. The summed E-state index contributed by atoms with van der Waals surface area (Å²) in [5, 5.41) is 21.4. The second-order valence-electron chi connectivity index (χ2n) is 21.4. The summed E-state index contributed by atoms with van der Waals surface area (Å²) < 4.78 is 107. The molecule has 5 amide bonds. The minimum absolute atomic E-state index is 0.0378. The van der Waals surface area contributed by atoms with Gasteiger partial charge < -0.3 is 59.8 Å². The normalized spacial score (nSPS) is 25.9. The largest absolute Gasteiger partial charge is 0.445 e. The summed E-state index contributed by atoms with van der Waals surface area (Å²) in [7, 11) is 1.46. The molecule has 4 aromatic heterocycles. The van der Waals surface area contributed by atoms with Crippen molar-refractivity contribution in [3.63, 3.8) is 0 Å². The smallest absolute Gasteiger partial charge is 0.410 e. The van der Waals surface area contributed by atoms with Gasteiger partial charge >= 0.3 is 25.8 Å². The number of aliphatic hydroxyl groups excluding tert-OH is 1. The molecule has 6 N–H and O–H groups in total. The monoisotopic (exact) mass is 1280 g/mol. The topological polar surface area (TPSA) is 359 Å². The number of hydrogen-bond acceptors (Lipinski definition) is 21. The Balaban J connectivity index is 0.810. The summed E-state index contributed by atoms with van der Waals surface area (Å²) in [6, 6.07) is 10.9. The van der Waals surface area contributed by atoms with Crippen LogP contribution >= 0.6 is 38.1 Å². The van der Waals surface area contributed by atoms with Crippen molar-refractivity contribution in [3.8, 4) is 0 Å². The third kappa shape index (κ3) is 14.6. The molecule has 0 radical (unpaired) electrons. The number of carbonyl (C=O) groups is 5. The number of alkyl halides is 1. The number of alkyl carbamates (subject to hydrolysis) is 1. The highest BCUT2D eigenvalue weighted by Gasteiger charge is 2.54. The zero-order valence-electron chi connectivity index (χ0n) is 46.8. The van der Waals surface area contributed by atoms with Gasteiger partial charge in [-0.1, -0.05) is 68.7 Å². The second kappa shape index (κ2) is 25.8. The van der Waals surface area contributed by atoms with Crippen molar-refractivity contribution < 1.29 is 84.0 Å². The van der Waals surface area contributed by atoms with Gasteiger partial charge in [-0.05, 0) is 62.9 Å². The maximum Gasteiger partial charge on any atom is 0.410 e. The van der Waals surface area contributed by atoms with E-state index in [1.807, 2.05) is 0 Å². The number of aliphatic hydroxyl groups is 1. The lowest BCUT2D eigenvalue weighted by atomic mass is 10.0. The van der Waals surface area contributed by atoms with Gasteiger partial charge in [0, 0.05) is 31.0 Å².